The molecule has 0 aromatic carbocycles. The quantitative estimate of drug-likeness (QED) is 0.663. The molecule has 2 nitrogen and oxygen atoms in total. The van der Waals surface area contributed by atoms with Crippen LogP contribution in [0.4, 0.5) is 5.82 Å². The van der Waals surface area contributed by atoms with Gasteiger partial charge in [0.2, 0.25) is 0 Å². The monoisotopic (exact) mass is 148 g/mol. The van der Waals surface area contributed by atoms with E-state index in [9.17, 15) is 0 Å². The van der Waals surface area contributed by atoms with Crippen molar-refractivity contribution in [3.8, 4) is 0 Å². The van der Waals surface area contributed by atoms with Gasteiger partial charge >= 0.3 is 0 Å². The summed E-state index contributed by atoms with van der Waals surface area (Å²) in [5.74, 6) is 0.937. The highest BCUT2D eigenvalue weighted by atomic mass is 15.0. The Bertz CT molecular complexity index is 243. The van der Waals surface area contributed by atoms with Gasteiger partial charge in [-0.25, -0.2) is 4.98 Å². The fourth-order valence-electron chi connectivity index (χ4n) is 0.840. The highest BCUT2D eigenvalue weighted by Gasteiger charge is 1.93. The molecule has 0 radical (unpaired) electrons. The van der Waals surface area contributed by atoms with E-state index < -0.39 is 0 Å². The third-order valence-corrected chi connectivity index (χ3v) is 1.42. The van der Waals surface area contributed by atoms with Gasteiger partial charge in [0, 0.05) is 12.7 Å². The molecule has 1 aromatic heterocycles. The van der Waals surface area contributed by atoms with E-state index in [2.05, 4.69) is 16.9 Å². The van der Waals surface area contributed by atoms with Crippen LogP contribution in [-0.4, -0.2) is 11.5 Å². The van der Waals surface area contributed by atoms with E-state index in [0.29, 0.717) is 0 Å². The molecule has 1 aromatic rings. The predicted octanol–water partition coefficient (Wildman–Crippen LogP) is 1.99. The molecule has 0 aliphatic carbocycles. The van der Waals surface area contributed by atoms with E-state index in [0.717, 1.165) is 17.9 Å². The maximum absolute atomic E-state index is 4.16. The third-order valence-electron chi connectivity index (χ3n) is 1.42. The fourth-order valence-corrected chi connectivity index (χ4v) is 0.840. The Balaban J connectivity index is 2.69. The summed E-state index contributed by atoms with van der Waals surface area (Å²) in [5.41, 5.74) is 1.16. The Morgan fingerprint density at radius 1 is 1.73 bits per heavy atom. The maximum atomic E-state index is 4.16. The maximum Gasteiger partial charge on any atom is 0.129 e. The smallest absolute Gasteiger partial charge is 0.129 e. The van der Waals surface area contributed by atoms with Gasteiger partial charge in [-0.2, -0.15) is 0 Å². The van der Waals surface area contributed by atoms with Gasteiger partial charge in [-0.05, 0) is 18.6 Å². The summed E-state index contributed by atoms with van der Waals surface area (Å²) in [4.78, 5) is 4.16. The lowest BCUT2D eigenvalue weighted by Crippen LogP contribution is -2.01. The molecular formula is C9H12N2. The van der Waals surface area contributed by atoms with Crippen LogP contribution in [0.25, 0.3) is 0 Å². The van der Waals surface area contributed by atoms with Gasteiger partial charge in [-0.15, -0.1) is 6.58 Å². The summed E-state index contributed by atoms with van der Waals surface area (Å²) in [5, 5.41) is 3.13. The molecule has 0 aliphatic rings. The third kappa shape index (κ3) is 2.08. The first-order chi connectivity index (χ1) is 5.34. The van der Waals surface area contributed by atoms with Crippen molar-refractivity contribution < 1.29 is 0 Å². The van der Waals surface area contributed by atoms with Crippen molar-refractivity contribution in [3.05, 3.63) is 36.5 Å². The van der Waals surface area contributed by atoms with E-state index in [-0.39, 0.29) is 0 Å². The molecular weight excluding hydrogens is 136 g/mol. The number of hydrogen-bond donors (Lipinski definition) is 1. The van der Waals surface area contributed by atoms with Crippen molar-refractivity contribution in [3.63, 3.8) is 0 Å². The van der Waals surface area contributed by atoms with Gasteiger partial charge in [-0.1, -0.05) is 12.1 Å². The number of aromatic nitrogens is 1. The summed E-state index contributed by atoms with van der Waals surface area (Å²) in [6.45, 7) is 6.40. The highest BCUT2D eigenvalue weighted by molar-refractivity contribution is 5.42. The van der Waals surface area contributed by atoms with Crippen LogP contribution < -0.4 is 5.32 Å². The van der Waals surface area contributed by atoms with Crippen LogP contribution >= 0.6 is 0 Å². The number of nitrogens with zero attached hydrogens (tertiary/aromatic N) is 1. The van der Waals surface area contributed by atoms with Crippen LogP contribution in [0.5, 0.6) is 0 Å². The van der Waals surface area contributed by atoms with Gasteiger partial charge in [0.25, 0.3) is 0 Å². The minimum Gasteiger partial charge on any atom is -0.366 e. The SMILES string of the molecule is C=CCNc1ncccc1C. The zero-order chi connectivity index (χ0) is 8.10. The van der Waals surface area contributed by atoms with Gasteiger partial charge in [-0.3, -0.25) is 0 Å². The summed E-state index contributed by atoms with van der Waals surface area (Å²) in [6.07, 6.45) is 3.59. The molecule has 2 heteroatoms. The summed E-state index contributed by atoms with van der Waals surface area (Å²) >= 11 is 0. The second-order valence-electron chi connectivity index (χ2n) is 2.34. The first kappa shape index (κ1) is 7.79. The fraction of sp³-hybridized carbons (Fsp3) is 0.222. The molecule has 0 unspecified atom stereocenters. The minimum absolute atomic E-state index is 0.762. The Morgan fingerprint density at radius 3 is 3.18 bits per heavy atom. The van der Waals surface area contributed by atoms with E-state index in [1.807, 2.05) is 25.1 Å². The van der Waals surface area contributed by atoms with Crippen LogP contribution in [0.3, 0.4) is 0 Å². The lowest BCUT2D eigenvalue weighted by Gasteiger charge is -2.03. The molecule has 0 amide bonds. The average Bonchev–Trinajstić information content (AvgIpc) is 2.03. The zero-order valence-corrected chi connectivity index (χ0v) is 6.67. The van der Waals surface area contributed by atoms with Crippen LogP contribution in [0.15, 0.2) is 31.0 Å². The molecule has 58 valence electrons. The Hall–Kier alpha value is -1.31. The molecule has 0 saturated carbocycles. The van der Waals surface area contributed by atoms with Crippen molar-refractivity contribution in [2.45, 2.75) is 6.92 Å². The molecule has 11 heavy (non-hydrogen) atoms. The molecule has 0 fully saturated rings. The molecule has 1 heterocycles. The van der Waals surface area contributed by atoms with Crippen LogP contribution in [0.2, 0.25) is 0 Å². The molecule has 0 aliphatic heterocycles. The molecule has 1 N–H and O–H groups in total. The van der Waals surface area contributed by atoms with Crippen LogP contribution in [0, 0.1) is 6.92 Å². The van der Waals surface area contributed by atoms with Crippen LogP contribution in [-0.2, 0) is 0 Å². The highest BCUT2D eigenvalue weighted by Crippen LogP contribution is 2.07. The average molecular weight is 148 g/mol. The number of nitrogens with one attached hydrogen (secondary N) is 1. The molecule has 0 spiro atoms. The molecule has 0 atom stereocenters. The lowest BCUT2D eigenvalue weighted by molar-refractivity contribution is 1.19. The van der Waals surface area contributed by atoms with Crippen molar-refractivity contribution in [1.82, 2.24) is 4.98 Å². The predicted molar refractivity (Wildman–Crippen MR) is 47.7 cm³/mol. The van der Waals surface area contributed by atoms with Gasteiger partial charge in [0.15, 0.2) is 0 Å². The Morgan fingerprint density at radius 2 is 2.55 bits per heavy atom. The number of aryl methyl sites for hydroxylation is 1. The first-order valence-corrected chi connectivity index (χ1v) is 3.61. The largest absolute Gasteiger partial charge is 0.366 e. The van der Waals surface area contributed by atoms with Crippen molar-refractivity contribution in [1.29, 1.82) is 0 Å². The molecule has 0 bridgehead atoms. The second-order valence-corrected chi connectivity index (χ2v) is 2.34. The van der Waals surface area contributed by atoms with Gasteiger partial charge in [0.1, 0.15) is 5.82 Å². The van der Waals surface area contributed by atoms with Gasteiger partial charge in [0.05, 0.1) is 0 Å². The first-order valence-electron chi connectivity index (χ1n) is 3.61. The van der Waals surface area contributed by atoms with E-state index in [4.69, 9.17) is 0 Å². The van der Waals surface area contributed by atoms with E-state index >= 15 is 0 Å². The zero-order valence-electron chi connectivity index (χ0n) is 6.67. The second kappa shape index (κ2) is 3.76. The summed E-state index contributed by atoms with van der Waals surface area (Å²) < 4.78 is 0. The number of hydrogen-bond acceptors (Lipinski definition) is 2. The topological polar surface area (TPSA) is 24.9 Å². The van der Waals surface area contributed by atoms with E-state index in [1.165, 1.54) is 0 Å². The Kier molecular flexibility index (Phi) is 2.66. The van der Waals surface area contributed by atoms with Crippen LogP contribution in [0.1, 0.15) is 5.56 Å². The lowest BCUT2D eigenvalue weighted by atomic mass is 10.3. The van der Waals surface area contributed by atoms with Crippen molar-refractivity contribution in [2.24, 2.45) is 0 Å². The number of pyridine rings is 1. The molecule has 1 rings (SSSR count). The van der Waals surface area contributed by atoms with Gasteiger partial charge < -0.3 is 5.32 Å². The molecule has 0 saturated heterocycles. The minimum atomic E-state index is 0.762. The van der Waals surface area contributed by atoms with Crippen molar-refractivity contribution in [2.75, 3.05) is 11.9 Å². The number of rotatable bonds is 3. The normalized spacial score (nSPS) is 9.18. The van der Waals surface area contributed by atoms with E-state index in [1.54, 1.807) is 6.20 Å². The standard InChI is InChI=1S/C9H12N2/c1-3-6-10-9-8(2)5-4-7-11-9/h3-5,7H,1,6H2,2H3,(H,10,11). The van der Waals surface area contributed by atoms with Crippen molar-refractivity contribution >= 4 is 5.82 Å². The summed E-state index contributed by atoms with van der Waals surface area (Å²) in [6, 6.07) is 3.95. The Labute approximate surface area is 67.0 Å². The number of anilines is 1. The summed E-state index contributed by atoms with van der Waals surface area (Å²) in [7, 11) is 0.